The highest BCUT2D eigenvalue weighted by Gasteiger charge is 2.50. The first kappa shape index (κ1) is 15.5. The highest BCUT2D eigenvalue weighted by molar-refractivity contribution is 7.09. The van der Waals surface area contributed by atoms with Crippen LogP contribution in [0.2, 0.25) is 0 Å². The van der Waals surface area contributed by atoms with E-state index >= 15 is 0 Å². The van der Waals surface area contributed by atoms with Gasteiger partial charge in [-0.1, -0.05) is 0 Å². The lowest BCUT2D eigenvalue weighted by atomic mass is 9.84. The number of carbonyl (C=O) groups excluding carboxylic acids is 1. The summed E-state index contributed by atoms with van der Waals surface area (Å²) < 4.78 is 11.9. The van der Waals surface area contributed by atoms with Crippen LogP contribution in [0, 0.1) is 6.92 Å². The molecule has 4 heterocycles. The minimum absolute atomic E-state index is 0.0226. The van der Waals surface area contributed by atoms with Crippen LogP contribution in [0.5, 0.6) is 5.88 Å². The molecule has 2 aliphatic heterocycles. The van der Waals surface area contributed by atoms with Crippen molar-refractivity contribution < 1.29 is 14.3 Å². The van der Waals surface area contributed by atoms with Crippen LogP contribution < -0.4 is 4.74 Å². The van der Waals surface area contributed by atoms with E-state index in [1.807, 2.05) is 12.3 Å². The summed E-state index contributed by atoms with van der Waals surface area (Å²) in [6.07, 6.45) is 6.46. The molecule has 2 saturated heterocycles. The molecule has 0 saturated carbocycles. The van der Waals surface area contributed by atoms with E-state index in [0.29, 0.717) is 31.3 Å². The minimum atomic E-state index is -0.300. The molecule has 0 bridgehead atoms. The summed E-state index contributed by atoms with van der Waals surface area (Å²) >= 11 is 1.49. The quantitative estimate of drug-likeness (QED) is 0.842. The summed E-state index contributed by atoms with van der Waals surface area (Å²) in [5, 5.41) is 2.71. The maximum absolute atomic E-state index is 12.4. The van der Waals surface area contributed by atoms with E-state index in [2.05, 4.69) is 15.0 Å². The predicted molar refractivity (Wildman–Crippen MR) is 87.1 cm³/mol. The first-order valence-corrected chi connectivity index (χ1v) is 8.80. The number of hydrogen-bond acceptors (Lipinski definition) is 7. The Balaban J connectivity index is 1.36. The summed E-state index contributed by atoms with van der Waals surface area (Å²) in [5.74, 6) is 0.510. The molecule has 24 heavy (non-hydrogen) atoms. The lowest BCUT2D eigenvalue weighted by Gasteiger charge is -2.52. The van der Waals surface area contributed by atoms with Gasteiger partial charge in [-0.3, -0.25) is 9.78 Å². The third kappa shape index (κ3) is 2.99. The predicted octanol–water partition coefficient (Wildman–Crippen LogP) is 1.69. The minimum Gasteiger partial charge on any atom is -0.473 e. The fourth-order valence-corrected chi connectivity index (χ4v) is 3.82. The van der Waals surface area contributed by atoms with Crippen molar-refractivity contribution >= 4 is 17.2 Å². The van der Waals surface area contributed by atoms with Crippen LogP contribution in [0.15, 0.2) is 24.0 Å². The third-order valence-corrected chi connectivity index (χ3v) is 5.13. The maximum atomic E-state index is 12.4. The lowest BCUT2D eigenvalue weighted by Crippen LogP contribution is -2.67. The average Bonchev–Trinajstić information content (AvgIpc) is 3.00. The van der Waals surface area contributed by atoms with E-state index in [9.17, 15) is 4.79 Å². The molecule has 1 atom stereocenters. The van der Waals surface area contributed by atoms with Crippen molar-refractivity contribution in [1.82, 2.24) is 19.9 Å². The number of aromatic nitrogens is 3. The van der Waals surface area contributed by atoms with Gasteiger partial charge in [0.05, 0.1) is 30.9 Å². The Morgan fingerprint density at radius 1 is 1.46 bits per heavy atom. The van der Waals surface area contributed by atoms with Gasteiger partial charge in [0.2, 0.25) is 5.88 Å². The van der Waals surface area contributed by atoms with Gasteiger partial charge in [0.1, 0.15) is 17.4 Å². The number of carbonyl (C=O) groups is 1. The molecular weight excluding hydrogens is 328 g/mol. The molecule has 2 aromatic heterocycles. The SMILES string of the molecule is Cc1nc(C(=O)N2CC3(C[C@@H](Oc4cnccn4)CCO3)C2)cs1. The highest BCUT2D eigenvalue weighted by atomic mass is 32.1. The van der Waals surface area contributed by atoms with Crippen LogP contribution in [0.25, 0.3) is 0 Å². The van der Waals surface area contributed by atoms with Crippen molar-refractivity contribution in [3.8, 4) is 5.88 Å². The maximum Gasteiger partial charge on any atom is 0.273 e. The van der Waals surface area contributed by atoms with Gasteiger partial charge < -0.3 is 14.4 Å². The Labute approximate surface area is 143 Å². The number of amides is 1. The largest absolute Gasteiger partial charge is 0.473 e. The summed E-state index contributed by atoms with van der Waals surface area (Å²) in [4.78, 5) is 26.6. The third-order valence-electron chi connectivity index (χ3n) is 4.36. The van der Waals surface area contributed by atoms with Crippen LogP contribution in [0.4, 0.5) is 0 Å². The van der Waals surface area contributed by atoms with Gasteiger partial charge in [0, 0.05) is 30.6 Å². The molecule has 0 aromatic carbocycles. The first-order valence-electron chi connectivity index (χ1n) is 7.92. The Bertz CT molecular complexity index is 730. The summed E-state index contributed by atoms with van der Waals surface area (Å²) in [7, 11) is 0. The fourth-order valence-electron chi connectivity index (χ4n) is 3.24. The van der Waals surface area contributed by atoms with Gasteiger partial charge in [-0.15, -0.1) is 11.3 Å². The molecule has 0 aliphatic carbocycles. The smallest absolute Gasteiger partial charge is 0.273 e. The number of rotatable bonds is 3. The van der Waals surface area contributed by atoms with Gasteiger partial charge in [0.25, 0.3) is 5.91 Å². The van der Waals surface area contributed by atoms with Crippen molar-refractivity contribution in [2.45, 2.75) is 31.5 Å². The van der Waals surface area contributed by atoms with Gasteiger partial charge in [-0.05, 0) is 6.92 Å². The molecular formula is C16H18N4O3S. The van der Waals surface area contributed by atoms with Crippen molar-refractivity contribution in [3.05, 3.63) is 34.7 Å². The number of ether oxygens (including phenoxy) is 2. The molecule has 2 aromatic rings. The number of nitrogens with zero attached hydrogens (tertiary/aromatic N) is 4. The molecule has 1 amide bonds. The molecule has 0 unspecified atom stereocenters. The summed E-state index contributed by atoms with van der Waals surface area (Å²) in [6.45, 7) is 3.70. The molecule has 2 fully saturated rings. The fraction of sp³-hybridized carbons (Fsp3) is 0.500. The first-order chi connectivity index (χ1) is 11.6. The number of hydrogen-bond donors (Lipinski definition) is 0. The van der Waals surface area contributed by atoms with E-state index in [1.54, 1.807) is 23.5 Å². The molecule has 7 nitrogen and oxygen atoms in total. The normalized spacial score (nSPS) is 22.2. The van der Waals surface area contributed by atoms with E-state index in [1.165, 1.54) is 11.3 Å². The van der Waals surface area contributed by atoms with Crippen molar-refractivity contribution in [1.29, 1.82) is 0 Å². The van der Waals surface area contributed by atoms with Gasteiger partial charge >= 0.3 is 0 Å². The Kier molecular flexibility index (Phi) is 3.93. The van der Waals surface area contributed by atoms with Crippen LogP contribution in [-0.2, 0) is 4.74 Å². The summed E-state index contributed by atoms with van der Waals surface area (Å²) in [6, 6.07) is 0. The van der Waals surface area contributed by atoms with E-state index in [4.69, 9.17) is 9.47 Å². The zero-order valence-electron chi connectivity index (χ0n) is 13.3. The molecule has 126 valence electrons. The highest BCUT2D eigenvalue weighted by Crippen LogP contribution is 2.36. The van der Waals surface area contributed by atoms with E-state index in [-0.39, 0.29) is 17.6 Å². The molecule has 8 heteroatoms. The van der Waals surface area contributed by atoms with Crippen LogP contribution in [0.1, 0.15) is 28.3 Å². The van der Waals surface area contributed by atoms with Gasteiger partial charge in [-0.2, -0.15) is 0 Å². The van der Waals surface area contributed by atoms with Crippen LogP contribution in [-0.4, -0.2) is 57.2 Å². The zero-order chi connectivity index (χ0) is 16.6. The van der Waals surface area contributed by atoms with Crippen molar-refractivity contribution in [2.75, 3.05) is 19.7 Å². The average molecular weight is 346 g/mol. The number of likely N-dealkylation sites (tertiary alicyclic amines) is 1. The Hall–Kier alpha value is -2.06. The zero-order valence-corrected chi connectivity index (χ0v) is 14.2. The molecule has 0 radical (unpaired) electrons. The van der Waals surface area contributed by atoms with Gasteiger partial charge in [-0.25, -0.2) is 9.97 Å². The van der Waals surface area contributed by atoms with Crippen molar-refractivity contribution in [2.24, 2.45) is 0 Å². The lowest BCUT2D eigenvalue weighted by molar-refractivity contribution is -0.174. The second kappa shape index (κ2) is 6.10. The Morgan fingerprint density at radius 2 is 2.33 bits per heavy atom. The molecule has 4 rings (SSSR count). The van der Waals surface area contributed by atoms with E-state index in [0.717, 1.165) is 17.8 Å². The second-order valence-electron chi connectivity index (χ2n) is 6.22. The monoisotopic (exact) mass is 346 g/mol. The second-order valence-corrected chi connectivity index (χ2v) is 7.28. The van der Waals surface area contributed by atoms with Crippen LogP contribution in [0.3, 0.4) is 0 Å². The number of thiazole rings is 1. The topological polar surface area (TPSA) is 77.4 Å². The summed E-state index contributed by atoms with van der Waals surface area (Å²) in [5.41, 5.74) is 0.224. The Morgan fingerprint density at radius 3 is 3.04 bits per heavy atom. The standard InChI is InChI=1S/C16H18N4O3S/c1-11-19-13(8-24-11)15(21)20-9-16(10-20)6-12(2-5-22-16)23-14-7-17-3-4-18-14/h3-4,7-8,12H,2,5-6,9-10H2,1H3/t12-/m0/s1. The van der Waals surface area contributed by atoms with E-state index < -0.39 is 0 Å². The number of aryl methyl sites for hydroxylation is 1. The molecule has 1 spiro atoms. The van der Waals surface area contributed by atoms with Gasteiger partial charge in [0.15, 0.2) is 0 Å². The van der Waals surface area contributed by atoms with Crippen LogP contribution >= 0.6 is 11.3 Å². The van der Waals surface area contributed by atoms with Crippen molar-refractivity contribution in [3.63, 3.8) is 0 Å². The molecule has 2 aliphatic rings. The molecule has 0 N–H and O–H groups in total.